The summed E-state index contributed by atoms with van der Waals surface area (Å²) < 4.78 is 68.7. The maximum Gasteiger partial charge on any atom is 0.472 e. The molecule has 0 aliphatic carbocycles. The number of aliphatic hydroxyl groups is 1. The summed E-state index contributed by atoms with van der Waals surface area (Å²) in [5.74, 6) is -0.622. The molecule has 19 heteroatoms. The quantitative estimate of drug-likeness (QED) is 0.0222. The van der Waals surface area contributed by atoms with Crippen molar-refractivity contribution in [3.63, 3.8) is 0 Å². The highest BCUT2D eigenvalue weighted by Gasteiger charge is 2.30. The van der Waals surface area contributed by atoms with Crippen molar-refractivity contribution in [2.45, 2.75) is 445 Å². The Bertz CT molecular complexity index is 1920. The third-order valence-electron chi connectivity index (χ3n) is 19.0. The summed E-state index contributed by atoms with van der Waals surface area (Å²) in [6, 6.07) is 0. The van der Waals surface area contributed by atoms with E-state index in [1.54, 1.807) is 0 Å². The molecule has 5 atom stereocenters. The fraction of sp³-hybridized carbons (Fsp3) is 0.951. The molecule has 0 aromatic rings. The second-order valence-electron chi connectivity index (χ2n) is 30.1. The van der Waals surface area contributed by atoms with Crippen molar-refractivity contribution in [2.24, 2.45) is 11.8 Å². The second-order valence-corrected chi connectivity index (χ2v) is 33.0. The second kappa shape index (κ2) is 72.6. The van der Waals surface area contributed by atoms with Gasteiger partial charge >= 0.3 is 39.5 Å². The Morgan fingerprint density at radius 3 is 0.680 bits per heavy atom. The number of hydrogen-bond donors (Lipinski definition) is 3. The van der Waals surface area contributed by atoms with Gasteiger partial charge in [-0.05, 0) is 37.5 Å². The van der Waals surface area contributed by atoms with Gasteiger partial charge in [0.2, 0.25) is 0 Å². The smallest absolute Gasteiger partial charge is 0.462 e. The minimum atomic E-state index is -4.96. The third-order valence-corrected chi connectivity index (χ3v) is 20.9. The topological polar surface area (TPSA) is 237 Å². The molecule has 0 aliphatic heterocycles. The highest BCUT2D eigenvalue weighted by molar-refractivity contribution is 7.47. The van der Waals surface area contributed by atoms with Crippen LogP contribution >= 0.6 is 15.6 Å². The number of rotatable bonds is 80. The van der Waals surface area contributed by atoms with E-state index in [0.29, 0.717) is 31.6 Å². The fourth-order valence-corrected chi connectivity index (χ4v) is 14.1. The molecular weight excluding hydrogens is 1310 g/mol. The number of esters is 4. The van der Waals surface area contributed by atoms with Gasteiger partial charge < -0.3 is 33.8 Å². The molecule has 0 aromatic carbocycles. The van der Waals surface area contributed by atoms with Gasteiger partial charge in [0, 0.05) is 25.7 Å². The van der Waals surface area contributed by atoms with Crippen LogP contribution in [0.25, 0.3) is 0 Å². The first-order valence-corrected chi connectivity index (χ1v) is 45.0. The van der Waals surface area contributed by atoms with E-state index >= 15 is 0 Å². The van der Waals surface area contributed by atoms with Crippen molar-refractivity contribution in [1.82, 2.24) is 0 Å². The number of carbonyl (C=O) groups is 4. The van der Waals surface area contributed by atoms with Crippen molar-refractivity contribution in [3.05, 3.63) is 0 Å². The van der Waals surface area contributed by atoms with E-state index in [4.69, 9.17) is 37.0 Å². The number of aliphatic hydroxyl groups excluding tert-OH is 1. The maximum atomic E-state index is 13.1. The Hall–Kier alpha value is -1.94. The van der Waals surface area contributed by atoms with E-state index in [2.05, 4.69) is 41.5 Å². The number of phosphoric ester groups is 2. The van der Waals surface area contributed by atoms with Crippen molar-refractivity contribution in [2.75, 3.05) is 39.6 Å². The van der Waals surface area contributed by atoms with E-state index in [1.165, 1.54) is 238 Å². The SMILES string of the molecule is CCCCCCCCCCCCCCCCCCCCCCC(=O)O[C@H](COC(=O)CCCCCCCCCCCCCCC(C)C)COP(=O)(O)OC[C@@H](O)COP(=O)(O)OC[C@@H](COC(=O)CCCCCCCCCC(C)C)OC(=O)CCCCCCCCCCCCCCCCC. The molecule has 0 radical (unpaired) electrons. The van der Waals surface area contributed by atoms with E-state index in [0.717, 1.165) is 102 Å². The number of carbonyl (C=O) groups excluding carboxylic acids is 4. The molecule has 0 aliphatic rings. The zero-order chi connectivity index (χ0) is 73.5. The van der Waals surface area contributed by atoms with Crippen LogP contribution in [0.5, 0.6) is 0 Å². The predicted octanol–water partition coefficient (Wildman–Crippen LogP) is 24.3. The zero-order valence-corrected chi connectivity index (χ0v) is 67.3. The summed E-state index contributed by atoms with van der Waals surface area (Å²) in [5, 5.41) is 10.6. The Balaban J connectivity index is 5.23. The lowest BCUT2D eigenvalue weighted by Crippen LogP contribution is -2.30. The largest absolute Gasteiger partial charge is 0.472 e. The molecule has 0 rings (SSSR count). The van der Waals surface area contributed by atoms with E-state index in [1.807, 2.05) is 0 Å². The third kappa shape index (κ3) is 74.3. The molecule has 0 saturated heterocycles. The maximum absolute atomic E-state index is 13.1. The van der Waals surface area contributed by atoms with Gasteiger partial charge in [-0.15, -0.1) is 0 Å². The van der Waals surface area contributed by atoms with Crippen LogP contribution in [0.4, 0.5) is 0 Å². The Kier molecular flexibility index (Phi) is 71.2. The van der Waals surface area contributed by atoms with E-state index < -0.39 is 97.5 Å². The average molecular weight is 1470 g/mol. The van der Waals surface area contributed by atoms with E-state index in [9.17, 15) is 43.2 Å². The van der Waals surface area contributed by atoms with Crippen LogP contribution in [-0.2, 0) is 65.4 Å². The summed E-state index contributed by atoms with van der Waals surface area (Å²) in [6.45, 7) is 9.59. The normalized spacial score (nSPS) is 13.9. The van der Waals surface area contributed by atoms with Gasteiger partial charge in [0.25, 0.3) is 0 Å². The molecule has 0 bridgehead atoms. The summed E-state index contributed by atoms with van der Waals surface area (Å²) in [6.07, 6.45) is 62.5. The molecule has 3 N–H and O–H groups in total. The first-order chi connectivity index (χ1) is 48.4. The molecule has 0 fully saturated rings. The minimum absolute atomic E-state index is 0.107. The van der Waals surface area contributed by atoms with Crippen molar-refractivity contribution >= 4 is 39.5 Å². The monoisotopic (exact) mass is 1470 g/mol. The lowest BCUT2D eigenvalue weighted by atomic mass is 10.0. The molecule has 2 unspecified atom stereocenters. The van der Waals surface area contributed by atoms with Crippen molar-refractivity contribution in [1.29, 1.82) is 0 Å². The molecule has 0 saturated carbocycles. The lowest BCUT2D eigenvalue weighted by molar-refractivity contribution is -0.161. The van der Waals surface area contributed by atoms with Gasteiger partial charge in [-0.25, -0.2) is 9.13 Å². The Morgan fingerprint density at radius 2 is 0.460 bits per heavy atom. The molecular formula is C81H158O17P2. The van der Waals surface area contributed by atoms with Crippen LogP contribution in [0.3, 0.4) is 0 Å². The van der Waals surface area contributed by atoms with Crippen LogP contribution in [0.1, 0.15) is 427 Å². The molecule has 594 valence electrons. The van der Waals surface area contributed by atoms with E-state index in [-0.39, 0.29) is 25.7 Å². The fourth-order valence-electron chi connectivity index (χ4n) is 12.5. The van der Waals surface area contributed by atoms with Gasteiger partial charge in [0.15, 0.2) is 12.2 Å². The molecule has 0 amide bonds. The Morgan fingerprint density at radius 1 is 0.270 bits per heavy atom. The van der Waals surface area contributed by atoms with Crippen molar-refractivity contribution < 1.29 is 80.2 Å². The van der Waals surface area contributed by atoms with Crippen LogP contribution in [0.2, 0.25) is 0 Å². The summed E-state index contributed by atoms with van der Waals surface area (Å²) >= 11 is 0. The van der Waals surface area contributed by atoms with Gasteiger partial charge in [-0.1, -0.05) is 375 Å². The molecule has 0 aromatic heterocycles. The Labute approximate surface area is 613 Å². The van der Waals surface area contributed by atoms with Crippen LogP contribution in [0, 0.1) is 11.8 Å². The zero-order valence-electron chi connectivity index (χ0n) is 65.5. The standard InChI is InChI=1S/C81H158O17P2/c1-7-9-11-13-15-17-19-21-23-24-25-26-27-29-31-37-41-47-54-60-66-80(85)97-76(69-91-78(83)63-57-51-45-39-35-33-32-34-38-43-49-55-61-73(3)4)71-95-99(87,88)93-67-75(82)68-94-100(89,90)96-72-77(70-92-79(84)64-58-52-48-42-44-50-56-62-74(5)6)98-81(86)65-59-53-46-40-36-30-28-22-20-18-16-14-12-10-8-2/h73-77,82H,7-72H2,1-6H3,(H,87,88)(H,89,90)/t75-,76-,77-/m1/s1. The van der Waals surface area contributed by atoms with Crippen LogP contribution in [-0.4, -0.2) is 96.7 Å². The highest BCUT2D eigenvalue weighted by Crippen LogP contribution is 2.45. The first-order valence-electron chi connectivity index (χ1n) is 42.0. The number of unbranched alkanes of at least 4 members (excludes halogenated alkanes) is 50. The number of phosphoric acid groups is 2. The van der Waals surface area contributed by atoms with Gasteiger partial charge in [0.05, 0.1) is 26.4 Å². The highest BCUT2D eigenvalue weighted by atomic mass is 31.2. The summed E-state index contributed by atoms with van der Waals surface area (Å²) in [7, 11) is -9.92. The summed E-state index contributed by atoms with van der Waals surface area (Å²) in [5.41, 5.74) is 0. The number of hydrogen-bond acceptors (Lipinski definition) is 15. The molecule has 0 heterocycles. The number of ether oxygens (including phenoxy) is 4. The lowest BCUT2D eigenvalue weighted by Gasteiger charge is -2.21. The van der Waals surface area contributed by atoms with Crippen molar-refractivity contribution in [3.8, 4) is 0 Å². The summed E-state index contributed by atoms with van der Waals surface area (Å²) in [4.78, 5) is 73.0. The molecule has 100 heavy (non-hydrogen) atoms. The predicted molar refractivity (Wildman–Crippen MR) is 409 cm³/mol. The van der Waals surface area contributed by atoms with Crippen LogP contribution in [0.15, 0.2) is 0 Å². The van der Waals surface area contributed by atoms with Gasteiger partial charge in [-0.3, -0.25) is 37.3 Å². The van der Waals surface area contributed by atoms with Crippen LogP contribution < -0.4 is 0 Å². The molecule has 0 spiro atoms. The molecule has 17 nitrogen and oxygen atoms in total. The first kappa shape index (κ1) is 98.1. The minimum Gasteiger partial charge on any atom is -0.462 e. The van der Waals surface area contributed by atoms with Gasteiger partial charge in [-0.2, -0.15) is 0 Å². The van der Waals surface area contributed by atoms with Gasteiger partial charge in [0.1, 0.15) is 19.3 Å². The average Bonchev–Trinajstić information content (AvgIpc) is 0.931.